The Morgan fingerprint density at radius 1 is 1.18 bits per heavy atom. The van der Waals surface area contributed by atoms with Crippen LogP contribution >= 0.6 is 0 Å². The number of halogens is 1. The van der Waals surface area contributed by atoms with Gasteiger partial charge in [-0.05, 0) is 29.8 Å². The first-order valence-electron chi connectivity index (χ1n) is 10.2. The summed E-state index contributed by atoms with van der Waals surface area (Å²) in [4.78, 5) is 24.4. The zero-order chi connectivity index (χ0) is 24.6. The van der Waals surface area contributed by atoms with Gasteiger partial charge in [0.15, 0.2) is 17.6 Å². The number of carbonyl (C=O) groups is 2. The van der Waals surface area contributed by atoms with E-state index in [0.29, 0.717) is 5.56 Å². The first-order chi connectivity index (χ1) is 16.2. The number of benzene rings is 2. The van der Waals surface area contributed by atoms with E-state index in [2.05, 4.69) is 0 Å². The summed E-state index contributed by atoms with van der Waals surface area (Å²) in [5, 5.41) is 41.6. The quantitative estimate of drug-likeness (QED) is 0.366. The molecule has 2 aromatic carbocycles. The summed E-state index contributed by atoms with van der Waals surface area (Å²) in [5.74, 6) is -3.58. The summed E-state index contributed by atoms with van der Waals surface area (Å²) in [6.45, 7) is -0.479. The Labute approximate surface area is 192 Å². The van der Waals surface area contributed by atoms with Crippen molar-refractivity contribution >= 4 is 18.0 Å². The van der Waals surface area contributed by atoms with Crippen molar-refractivity contribution in [1.82, 2.24) is 0 Å². The van der Waals surface area contributed by atoms with Crippen LogP contribution in [-0.4, -0.2) is 70.5 Å². The highest BCUT2D eigenvalue weighted by molar-refractivity contribution is 5.95. The molecule has 2 aliphatic heterocycles. The molecular formula is C23H21FO10. The topological polar surface area (TPSA) is 152 Å². The molecule has 0 bridgehead atoms. The van der Waals surface area contributed by atoms with Gasteiger partial charge in [-0.25, -0.2) is 14.0 Å². The van der Waals surface area contributed by atoms with Crippen LogP contribution in [0.1, 0.15) is 27.6 Å². The molecule has 4 rings (SSSR count). The van der Waals surface area contributed by atoms with Crippen LogP contribution < -0.4 is 4.74 Å². The number of ether oxygens (including phenoxy) is 4. The van der Waals surface area contributed by atoms with Crippen molar-refractivity contribution in [2.75, 3.05) is 13.7 Å². The second-order valence-corrected chi connectivity index (χ2v) is 7.70. The highest BCUT2D eigenvalue weighted by Crippen LogP contribution is 2.49. The zero-order valence-electron chi connectivity index (χ0n) is 17.8. The maximum absolute atomic E-state index is 13.0. The summed E-state index contributed by atoms with van der Waals surface area (Å²) in [7, 11) is 1.20. The van der Waals surface area contributed by atoms with E-state index >= 15 is 0 Å². The second kappa shape index (κ2) is 9.29. The monoisotopic (exact) mass is 476 g/mol. The Kier molecular flexibility index (Phi) is 6.42. The van der Waals surface area contributed by atoms with Gasteiger partial charge in [0.1, 0.15) is 36.8 Å². The number of fused-ring (bicyclic) bond motifs is 3. The molecule has 0 radical (unpaired) electrons. The lowest BCUT2D eigenvalue weighted by molar-refractivity contribution is -0.237. The zero-order valence-corrected chi connectivity index (χ0v) is 17.8. The predicted molar refractivity (Wildman–Crippen MR) is 112 cm³/mol. The third-order valence-electron chi connectivity index (χ3n) is 5.58. The number of methoxy groups -OCH3 is 1. The molecule has 180 valence electrons. The molecule has 11 heteroatoms. The Morgan fingerprint density at radius 2 is 1.88 bits per heavy atom. The van der Waals surface area contributed by atoms with E-state index < -0.39 is 66.4 Å². The van der Waals surface area contributed by atoms with Gasteiger partial charge in [0, 0.05) is 11.6 Å². The van der Waals surface area contributed by atoms with Crippen LogP contribution in [0.2, 0.25) is 0 Å². The summed E-state index contributed by atoms with van der Waals surface area (Å²) in [6, 6.07) is 6.42. The number of aliphatic hydroxyl groups is 2. The van der Waals surface area contributed by atoms with Crippen LogP contribution in [0.5, 0.6) is 17.2 Å². The summed E-state index contributed by atoms with van der Waals surface area (Å²) in [6.07, 6.45) is -4.60. The fourth-order valence-corrected chi connectivity index (χ4v) is 3.89. The minimum Gasteiger partial charge on any atom is -0.504 e. The van der Waals surface area contributed by atoms with E-state index in [1.165, 1.54) is 37.5 Å². The largest absolute Gasteiger partial charge is 0.504 e. The molecule has 0 aliphatic carbocycles. The minimum absolute atomic E-state index is 0.102. The van der Waals surface area contributed by atoms with Crippen molar-refractivity contribution in [3.05, 3.63) is 58.9 Å². The lowest BCUT2D eigenvalue weighted by atomic mass is 9.86. The minimum atomic E-state index is -1.63. The number of aliphatic hydroxyl groups excluding tert-OH is 2. The van der Waals surface area contributed by atoms with Crippen LogP contribution in [0.4, 0.5) is 4.39 Å². The number of carbonyl (C=O) groups excluding carboxylic acids is 2. The maximum Gasteiger partial charge on any atom is 0.339 e. The van der Waals surface area contributed by atoms with E-state index in [4.69, 9.17) is 18.9 Å². The molecule has 5 atom stereocenters. The first kappa shape index (κ1) is 23.5. The average Bonchev–Trinajstić information content (AvgIpc) is 2.81. The van der Waals surface area contributed by atoms with Crippen molar-refractivity contribution in [3.8, 4) is 17.2 Å². The Balaban J connectivity index is 1.52. The molecule has 4 N–H and O–H groups in total. The Morgan fingerprint density at radius 3 is 2.56 bits per heavy atom. The van der Waals surface area contributed by atoms with E-state index in [-0.39, 0.29) is 16.9 Å². The normalized spacial score (nSPS) is 25.9. The molecule has 2 heterocycles. The van der Waals surface area contributed by atoms with Crippen molar-refractivity contribution in [2.24, 2.45) is 0 Å². The predicted octanol–water partition coefficient (Wildman–Crippen LogP) is 1.20. The molecule has 0 unspecified atom stereocenters. The number of phenolic OH excluding ortho intramolecular Hbond substituents is 2. The molecule has 0 spiro atoms. The fraction of sp³-hybridized carbons (Fsp3) is 0.304. The van der Waals surface area contributed by atoms with Gasteiger partial charge < -0.3 is 39.4 Å². The second-order valence-electron chi connectivity index (χ2n) is 7.70. The van der Waals surface area contributed by atoms with E-state index in [0.717, 1.165) is 12.1 Å². The van der Waals surface area contributed by atoms with Gasteiger partial charge in [0.2, 0.25) is 5.75 Å². The first-order valence-corrected chi connectivity index (χ1v) is 10.2. The molecule has 10 nitrogen and oxygen atoms in total. The SMILES string of the molecule is COc1c(O)cc2c(c1O)[C@@H]1O[C@H](COC(=O)/C=C/c3ccc(F)cc3)[C@@H](O)[C@H](O)[C@H]1OC2=O. The van der Waals surface area contributed by atoms with Crippen LogP contribution in [0.15, 0.2) is 36.4 Å². The maximum atomic E-state index is 13.0. The molecule has 34 heavy (non-hydrogen) atoms. The van der Waals surface area contributed by atoms with E-state index in [9.17, 15) is 34.4 Å². The van der Waals surface area contributed by atoms with Gasteiger partial charge >= 0.3 is 11.9 Å². The van der Waals surface area contributed by atoms with Gasteiger partial charge in [0.05, 0.1) is 12.7 Å². The smallest absolute Gasteiger partial charge is 0.339 e. The van der Waals surface area contributed by atoms with Crippen molar-refractivity contribution in [2.45, 2.75) is 30.5 Å². The molecule has 2 aliphatic rings. The van der Waals surface area contributed by atoms with Crippen molar-refractivity contribution < 1.29 is 53.4 Å². The highest BCUT2D eigenvalue weighted by atomic mass is 19.1. The molecule has 0 amide bonds. The number of aromatic hydroxyl groups is 2. The molecule has 2 aromatic rings. The summed E-state index contributed by atoms with van der Waals surface area (Å²) >= 11 is 0. The highest BCUT2D eigenvalue weighted by Gasteiger charge is 2.52. The van der Waals surface area contributed by atoms with Gasteiger partial charge in [-0.15, -0.1) is 0 Å². The van der Waals surface area contributed by atoms with Gasteiger partial charge in [-0.2, -0.15) is 0 Å². The molecular weight excluding hydrogens is 455 g/mol. The van der Waals surface area contributed by atoms with Gasteiger partial charge in [-0.3, -0.25) is 0 Å². The molecule has 0 aromatic heterocycles. The third kappa shape index (κ3) is 4.28. The number of phenols is 2. The Hall–Kier alpha value is -3.67. The van der Waals surface area contributed by atoms with E-state index in [1.54, 1.807) is 0 Å². The number of hydrogen-bond donors (Lipinski definition) is 4. The lowest BCUT2D eigenvalue weighted by Gasteiger charge is -2.44. The average molecular weight is 476 g/mol. The van der Waals surface area contributed by atoms with Crippen LogP contribution in [0, 0.1) is 5.82 Å². The summed E-state index contributed by atoms with van der Waals surface area (Å²) < 4.78 is 34.0. The molecule has 1 saturated heterocycles. The molecule has 0 saturated carbocycles. The lowest BCUT2D eigenvalue weighted by Crippen LogP contribution is -2.58. The number of rotatable bonds is 5. The van der Waals surface area contributed by atoms with E-state index in [1.807, 2.05) is 0 Å². The van der Waals surface area contributed by atoms with Crippen LogP contribution in [0.25, 0.3) is 6.08 Å². The van der Waals surface area contributed by atoms with Gasteiger partial charge in [0.25, 0.3) is 0 Å². The Bertz CT molecular complexity index is 1130. The fourth-order valence-electron chi connectivity index (χ4n) is 3.89. The molecule has 1 fully saturated rings. The van der Waals surface area contributed by atoms with Crippen molar-refractivity contribution in [3.63, 3.8) is 0 Å². The van der Waals surface area contributed by atoms with Crippen molar-refractivity contribution in [1.29, 1.82) is 0 Å². The number of hydrogen-bond acceptors (Lipinski definition) is 10. The van der Waals surface area contributed by atoms with Gasteiger partial charge in [-0.1, -0.05) is 12.1 Å². The van der Waals surface area contributed by atoms with Crippen LogP contribution in [-0.2, 0) is 19.0 Å². The third-order valence-corrected chi connectivity index (χ3v) is 5.58. The number of esters is 2. The van der Waals surface area contributed by atoms with Crippen LogP contribution in [0.3, 0.4) is 0 Å². The standard InChI is InChI=1S/C23H21FO10/c1-31-20-13(25)8-12-16(18(20)28)21-22(34-23(12)30)19(29)17(27)14(33-21)9-32-15(26)7-4-10-2-5-11(24)6-3-10/h2-8,14,17,19,21-22,25,27-29H,9H2,1H3/b7-4+/t14-,17-,19+,21+,22-/m1/s1. The summed E-state index contributed by atoms with van der Waals surface area (Å²) in [5.41, 5.74) is 0.242.